The monoisotopic (exact) mass is 315 g/mol. The number of halogens is 2. The number of amides is 1. The smallest absolute Gasteiger partial charge is 0.253 e. The van der Waals surface area contributed by atoms with Gasteiger partial charge < -0.3 is 4.90 Å². The van der Waals surface area contributed by atoms with E-state index in [1.165, 1.54) is 18.2 Å². The number of carbonyl (C=O) groups excluding carboxylic acids is 1. The van der Waals surface area contributed by atoms with Crippen molar-refractivity contribution in [3.8, 4) is 0 Å². The molecule has 0 heterocycles. The quantitative estimate of drug-likeness (QED) is 0.801. The van der Waals surface area contributed by atoms with Gasteiger partial charge in [-0.3, -0.25) is 4.79 Å². The van der Waals surface area contributed by atoms with Crippen LogP contribution in [0, 0.1) is 11.7 Å². The molecule has 0 fully saturated rings. The molecular formula is C14H19BrFNO. The van der Waals surface area contributed by atoms with Gasteiger partial charge in [-0.1, -0.05) is 20.3 Å². The summed E-state index contributed by atoms with van der Waals surface area (Å²) in [6, 6.07) is 4.38. The van der Waals surface area contributed by atoms with Crippen molar-refractivity contribution in [2.45, 2.75) is 27.2 Å². The fourth-order valence-electron chi connectivity index (χ4n) is 1.67. The van der Waals surface area contributed by atoms with Crippen molar-refractivity contribution in [3.63, 3.8) is 0 Å². The van der Waals surface area contributed by atoms with Crippen LogP contribution in [0.4, 0.5) is 4.39 Å². The van der Waals surface area contributed by atoms with Crippen molar-refractivity contribution in [1.29, 1.82) is 0 Å². The highest BCUT2D eigenvalue weighted by molar-refractivity contribution is 9.10. The van der Waals surface area contributed by atoms with Crippen LogP contribution in [0.15, 0.2) is 22.7 Å². The molecule has 2 nitrogen and oxygen atoms in total. The first-order chi connectivity index (χ1) is 8.49. The van der Waals surface area contributed by atoms with Crippen LogP contribution in [0.3, 0.4) is 0 Å². The van der Waals surface area contributed by atoms with Gasteiger partial charge in [-0.15, -0.1) is 0 Å². The van der Waals surface area contributed by atoms with Gasteiger partial charge in [0, 0.05) is 18.7 Å². The van der Waals surface area contributed by atoms with E-state index in [1.54, 1.807) is 4.90 Å². The van der Waals surface area contributed by atoms with Crippen molar-refractivity contribution in [3.05, 3.63) is 34.1 Å². The number of hydrogen-bond acceptors (Lipinski definition) is 1. The van der Waals surface area contributed by atoms with E-state index < -0.39 is 0 Å². The fourth-order valence-corrected chi connectivity index (χ4v) is 2.05. The lowest BCUT2D eigenvalue weighted by Gasteiger charge is -2.24. The highest BCUT2D eigenvalue weighted by atomic mass is 79.9. The lowest BCUT2D eigenvalue weighted by atomic mass is 10.1. The van der Waals surface area contributed by atoms with Gasteiger partial charge in [0.25, 0.3) is 5.91 Å². The summed E-state index contributed by atoms with van der Waals surface area (Å²) in [4.78, 5) is 14.1. The number of carbonyl (C=O) groups is 1. The van der Waals surface area contributed by atoms with Gasteiger partial charge in [-0.25, -0.2) is 4.39 Å². The van der Waals surface area contributed by atoms with Crippen molar-refractivity contribution in [2.75, 3.05) is 13.1 Å². The summed E-state index contributed by atoms with van der Waals surface area (Å²) in [6.07, 6.45) is 1.04. The van der Waals surface area contributed by atoms with Gasteiger partial charge in [0.2, 0.25) is 0 Å². The molecule has 0 bridgehead atoms. The molecule has 0 aliphatic heterocycles. The maximum Gasteiger partial charge on any atom is 0.253 e. The third kappa shape index (κ3) is 3.80. The molecular weight excluding hydrogens is 297 g/mol. The zero-order valence-corrected chi connectivity index (χ0v) is 12.6. The molecule has 0 aromatic heterocycles. The zero-order chi connectivity index (χ0) is 13.7. The first kappa shape index (κ1) is 15.2. The first-order valence-corrected chi connectivity index (χ1v) is 7.03. The van der Waals surface area contributed by atoms with E-state index in [1.807, 2.05) is 6.92 Å². The summed E-state index contributed by atoms with van der Waals surface area (Å²) >= 11 is 3.10. The third-order valence-electron chi connectivity index (χ3n) is 3.06. The number of hydrogen-bond donors (Lipinski definition) is 0. The van der Waals surface area contributed by atoms with Crippen LogP contribution in [0.1, 0.15) is 37.6 Å². The molecule has 1 aromatic rings. The molecule has 0 saturated heterocycles. The van der Waals surface area contributed by atoms with Crippen LogP contribution in [0.25, 0.3) is 0 Å². The molecule has 1 rings (SSSR count). The Morgan fingerprint density at radius 3 is 2.61 bits per heavy atom. The second-order valence-electron chi connectivity index (χ2n) is 4.49. The summed E-state index contributed by atoms with van der Waals surface area (Å²) in [5.41, 5.74) is 0.522. The number of nitrogens with zero attached hydrogens (tertiary/aromatic N) is 1. The van der Waals surface area contributed by atoms with Crippen molar-refractivity contribution >= 4 is 21.8 Å². The summed E-state index contributed by atoms with van der Waals surface area (Å²) in [5, 5.41) is 0. The Balaban J connectivity index is 2.86. The van der Waals surface area contributed by atoms with E-state index >= 15 is 0 Å². The average molecular weight is 316 g/mol. The van der Waals surface area contributed by atoms with Crippen LogP contribution < -0.4 is 0 Å². The molecule has 0 N–H and O–H groups in total. The van der Waals surface area contributed by atoms with E-state index in [4.69, 9.17) is 0 Å². The lowest BCUT2D eigenvalue weighted by molar-refractivity contribution is 0.0740. The molecule has 1 aromatic carbocycles. The fraction of sp³-hybridized carbons (Fsp3) is 0.500. The Labute approximate surface area is 116 Å². The summed E-state index contributed by atoms with van der Waals surface area (Å²) in [7, 11) is 0. The molecule has 0 spiro atoms. The molecule has 4 heteroatoms. The van der Waals surface area contributed by atoms with Crippen LogP contribution >= 0.6 is 15.9 Å². The van der Waals surface area contributed by atoms with E-state index in [0.29, 0.717) is 22.5 Å². The van der Waals surface area contributed by atoms with Crippen LogP contribution in [-0.2, 0) is 0 Å². The highest BCUT2D eigenvalue weighted by Crippen LogP contribution is 2.18. The van der Waals surface area contributed by atoms with Crippen LogP contribution in [-0.4, -0.2) is 23.9 Å². The minimum atomic E-state index is -0.350. The van der Waals surface area contributed by atoms with Gasteiger partial charge in [0.1, 0.15) is 5.82 Å². The van der Waals surface area contributed by atoms with Gasteiger partial charge >= 0.3 is 0 Å². The first-order valence-electron chi connectivity index (χ1n) is 6.23. The number of benzene rings is 1. The van der Waals surface area contributed by atoms with Crippen molar-refractivity contribution in [2.24, 2.45) is 5.92 Å². The lowest BCUT2D eigenvalue weighted by Crippen LogP contribution is -2.34. The van der Waals surface area contributed by atoms with Crippen LogP contribution in [0.5, 0.6) is 0 Å². The second kappa shape index (κ2) is 6.88. The van der Waals surface area contributed by atoms with E-state index in [9.17, 15) is 9.18 Å². The summed E-state index contributed by atoms with van der Waals surface area (Å²) < 4.78 is 13.5. The Kier molecular flexibility index (Phi) is 5.79. The van der Waals surface area contributed by atoms with Gasteiger partial charge in [0.05, 0.1) is 4.47 Å². The average Bonchev–Trinajstić information content (AvgIpc) is 2.38. The number of rotatable bonds is 5. The molecule has 0 aliphatic rings. The molecule has 1 atom stereocenters. The molecule has 100 valence electrons. The topological polar surface area (TPSA) is 20.3 Å². The normalized spacial score (nSPS) is 12.3. The van der Waals surface area contributed by atoms with E-state index in [-0.39, 0.29) is 11.7 Å². The predicted octanol–water partition coefficient (Wildman–Crippen LogP) is 4.10. The van der Waals surface area contributed by atoms with Gasteiger partial charge in [0.15, 0.2) is 0 Å². The molecule has 1 amide bonds. The van der Waals surface area contributed by atoms with Crippen molar-refractivity contribution in [1.82, 2.24) is 4.90 Å². The van der Waals surface area contributed by atoms with Crippen molar-refractivity contribution < 1.29 is 9.18 Å². The minimum absolute atomic E-state index is 0.0431. The summed E-state index contributed by atoms with van der Waals surface area (Å²) in [6.45, 7) is 7.59. The molecule has 0 aliphatic carbocycles. The maximum atomic E-state index is 13.1. The molecule has 0 radical (unpaired) electrons. The predicted molar refractivity (Wildman–Crippen MR) is 75.1 cm³/mol. The molecule has 18 heavy (non-hydrogen) atoms. The summed E-state index contributed by atoms with van der Waals surface area (Å²) in [5.74, 6) is 0.0767. The van der Waals surface area contributed by atoms with Gasteiger partial charge in [-0.05, 0) is 47.0 Å². The largest absolute Gasteiger partial charge is 0.339 e. The Bertz CT molecular complexity index is 422. The zero-order valence-electron chi connectivity index (χ0n) is 11.0. The van der Waals surface area contributed by atoms with E-state index in [0.717, 1.165) is 13.0 Å². The van der Waals surface area contributed by atoms with Crippen LogP contribution in [0.2, 0.25) is 0 Å². The third-order valence-corrected chi connectivity index (χ3v) is 3.67. The second-order valence-corrected chi connectivity index (χ2v) is 5.34. The highest BCUT2D eigenvalue weighted by Gasteiger charge is 2.17. The Morgan fingerprint density at radius 2 is 2.11 bits per heavy atom. The van der Waals surface area contributed by atoms with E-state index in [2.05, 4.69) is 29.8 Å². The maximum absolute atomic E-state index is 13.1. The molecule has 1 unspecified atom stereocenters. The standard InChI is InChI=1S/C14H19BrFNO/c1-4-10(3)9-17(5-2)14(18)11-6-7-13(16)12(15)8-11/h6-8,10H,4-5,9H2,1-3H3. The SMILES string of the molecule is CCC(C)CN(CC)C(=O)c1ccc(F)c(Br)c1. The molecule has 0 saturated carbocycles. The minimum Gasteiger partial charge on any atom is -0.339 e. The van der Waals surface area contributed by atoms with Gasteiger partial charge in [-0.2, -0.15) is 0 Å². The Morgan fingerprint density at radius 1 is 1.44 bits per heavy atom. The Hall–Kier alpha value is -0.900.